The fourth-order valence-electron chi connectivity index (χ4n) is 2.09. The highest BCUT2D eigenvalue weighted by atomic mass is 14.7. The largest absolute Gasteiger partial charge is 0.324 e. The van der Waals surface area contributed by atoms with Crippen molar-refractivity contribution in [2.45, 2.75) is 24.9 Å². The Balaban J connectivity index is 1.89. The molecule has 0 heterocycles. The number of hydrogen-bond acceptors (Lipinski definition) is 2. The number of benzene rings is 2. The van der Waals surface area contributed by atoms with Crippen molar-refractivity contribution in [2.24, 2.45) is 11.5 Å². The van der Waals surface area contributed by atoms with E-state index in [9.17, 15) is 0 Å². The van der Waals surface area contributed by atoms with Gasteiger partial charge in [0.25, 0.3) is 0 Å². The Morgan fingerprint density at radius 1 is 0.611 bits per heavy atom. The van der Waals surface area contributed by atoms with E-state index in [0.717, 1.165) is 12.8 Å². The summed E-state index contributed by atoms with van der Waals surface area (Å²) in [5.74, 6) is 0. The summed E-state index contributed by atoms with van der Waals surface area (Å²) in [6.45, 7) is 0. The van der Waals surface area contributed by atoms with Gasteiger partial charge in [0.1, 0.15) is 0 Å². The monoisotopic (exact) mass is 240 g/mol. The minimum absolute atomic E-state index is 0.0703. The standard InChI is InChI=1S/C16H20N2/c17-15(13-7-3-1-4-8-13)11-12-16(18)14-9-5-2-6-10-14/h1-10,15-16H,11-12,17-18H2/t15-,16?/m0/s1. The van der Waals surface area contributed by atoms with Crippen molar-refractivity contribution in [3.63, 3.8) is 0 Å². The first-order valence-corrected chi connectivity index (χ1v) is 6.38. The summed E-state index contributed by atoms with van der Waals surface area (Å²) >= 11 is 0. The molecule has 0 saturated carbocycles. The van der Waals surface area contributed by atoms with Gasteiger partial charge in [0.05, 0.1) is 0 Å². The van der Waals surface area contributed by atoms with Crippen molar-refractivity contribution in [3.8, 4) is 0 Å². The first kappa shape index (κ1) is 12.8. The minimum Gasteiger partial charge on any atom is -0.324 e. The van der Waals surface area contributed by atoms with Crippen LogP contribution in [-0.4, -0.2) is 0 Å². The number of hydrogen-bond donors (Lipinski definition) is 2. The average molecular weight is 240 g/mol. The Hall–Kier alpha value is -1.64. The second-order valence-corrected chi connectivity index (χ2v) is 4.61. The SMILES string of the molecule is NC(CC[C@H](N)c1ccccc1)c1ccccc1. The second-order valence-electron chi connectivity index (χ2n) is 4.61. The highest BCUT2D eigenvalue weighted by Crippen LogP contribution is 2.21. The molecule has 2 aromatic rings. The van der Waals surface area contributed by atoms with E-state index in [4.69, 9.17) is 11.5 Å². The molecule has 2 heteroatoms. The van der Waals surface area contributed by atoms with Crippen LogP contribution in [0.25, 0.3) is 0 Å². The van der Waals surface area contributed by atoms with Crippen LogP contribution in [0.4, 0.5) is 0 Å². The molecule has 0 fully saturated rings. The van der Waals surface area contributed by atoms with Crippen LogP contribution in [-0.2, 0) is 0 Å². The molecule has 0 bridgehead atoms. The van der Waals surface area contributed by atoms with Crippen LogP contribution in [0.1, 0.15) is 36.1 Å². The highest BCUT2D eigenvalue weighted by Gasteiger charge is 2.10. The summed E-state index contributed by atoms with van der Waals surface area (Å²) in [7, 11) is 0. The van der Waals surface area contributed by atoms with E-state index in [1.165, 1.54) is 11.1 Å². The third-order valence-electron chi connectivity index (χ3n) is 3.24. The summed E-state index contributed by atoms with van der Waals surface area (Å²) in [5, 5.41) is 0. The topological polar surface area (TPSA) is 52.0 Å². The van der Waals surface area contributed by atoms with Gasteiger partial charge < -0.3 is 11.5 Å². The molecule has 1 unspecified atom stereocenters. The molecule has 4 N–H and O–H groups in total. The lowest BCUT2D eigenvalue weighted by molar-refractivity contribution is 0.546. The van der Waals surface area contributed by atoms with Gasteiger partial charge >= 0.3 is 0 Å². The Kier molecular flexibility index (Phi) is 4.51. The van der Waals surface area contributed by atoms with Gasteiger partial charge in [-0.2, -0.15) is 0 Å². The van der Waals surface area contributed by atoms with Gasteiger partial charge in [-0.25, -0.2) is 0 Å². The van der Waals surface area contributed by atoms with E-state index in [0.29, 0.717) is 0 Å². The van der Waals surface area contributed by atoms with Crippen LogP contribution in [0, 0.1) is 0 Å². The molecule has 2 rings (SSSR count). The maximum atomic E-state index is 6.17. The van der Waals surface area contributed by atoms with Crippen LogP contribution in [0.3, 0.4) is 0 Å². The molecule has 2 nitrogen and oxygen atoms in total. The summed E-state index contributed by atoms with van der Waals surface area (Å²) < 4.78 is 0. The quantitative estimate of drug-likeness (QED) is 0.843. The molecule has 0 aliphatic carbocycles. The van der Waals surface area contributed by atoms with E-state index in [2.05, 4.69) is 24.3 Å². The maximum Gasteiger partial charge on any atom is 0.0295 e. The van der Waals surface area contributed by atoms with E-state index in [1.807, 2.05) is 36.4 Å². The summed E-state index contributed by atoms with van der Waals surface area (Å²) in [4.78, 5) is 0. The molecule has 0 saturated heterocycles. The van der Waals surface area contributed by atoms with Crippen molar-refractivity contribution in [3.05, 3.63) is 71.8 Å². The van der Waals surface area contributed by atoms with Crippen LogP contribution in [0.2, 0.25) is 0 Å². The van der Waals surface area contributed by atoms with Crippen LogP contribution in [0.5, 0.6) is 0 Å². The zero-order chi connectivity index (χ0) is 12.8. The van der Waals surface area contributed by atoms with Crippen LogP contribution in [0.15, 0.2) is 60.7 Å². The second kappa shape index (κ2) is 6.34. The molecule has 0 radical (unpaired) electrons. The van der Waals surface area contributed by atoms with Gasteiger partial charge in [-0.15, -0.1) is 0 Å². The molecule has 0 aromatic heterocycles. The van der Waals surface area contributed by atoms with Gasteiger partial charge in [-0.3, -0.25) is 0 Å². The van der Waals surface area contributed by atoms with Gasteiger partial charge in [0.2, 0.25) is 0 Å². The van der Waals surface area contributed by atoms with Crippen molar-refractivity contribution >= 4 is 0 Å². The van der Waals surface area contributed by atoms with Crippen molar-refractivity contribution in [1.29, 1.82) is 0 Å². The lowest BCUT2D eigenvalue weighted by atomic mass is 9.97. The number of rotatable bonds is 5. The number of nitrogens with two attached hydrogens (primary N) is 2. The fraction of sp³-hybridized carbons (Fsp3) is 0.250. The first-order chi connectivity index (χ1) is 8.77. The molecule has 0 aliphatic heterocycles. The molecular formula is C16H20N2. The van der Waals surface area contributed by atoms with Gasteiger partial charge in [-0.1, -0.05) is 60.7 Å². The van der Waals surface area contributed by atoms with Crippen molar-refractivity contribution < 1.29 is 0 Å². The predicted octanol–water partition coefficient (Wildman–Crippen LogP) is 3.17. The zero-order valence-corrected chi connectivity index (χ0v) is 10.5. The molecule has 0 aliphatic rings. The molecule has 2 atom stereocenters. The van der Waals surface area contributed by atoms with E-state index >= 15 is 0 Å². The van der Waals surface area contributed by atoms with Crippen molar-refractivity contribution in [1.82, 2.24) is 0 Å². The van der Waals surface area contributed by atoms with Crippen LogP contribution >= 0.6 is 0 Å². The Labute approximate surface area is 109 Å². The third-order valence-corrected chi connectivity index (χ3v) is 3.24. The Bertz CT molecular complexity index is 408. The summed E-state index contributed by atoms with van der Waals surface area (Å²) in [5.41, 5.74) is 14.7. The third kappa shape index (κ3) is 3.42. The minimum atomic E-state index is 0.0703. The molecule has 0 amide bonds. The summed E-state index contributed by atoms with van der Waals surface area (Å²) in [6.07, 6.45) is 1.81. The zero-order valence-electron chi connectivity index (χ0n) is 10.5. The lowest BCUT2D eigenvalue weighted by Crippen LogP contribution is -2.15. The molecule has 18 heavy (non-hydrogen) atoms. The van der Waals surface area contributed by atoms with Gasteiger partial charge in [0, 0.05) is 12.1 Å². The van der Waals surface area contributed by atoms with Crippen molar-refractivity contribution in [2.75, 3.05) is 0 Å². The smallest absolute Gasteiger partial charge is 0.0295 e. The summed E-state index contributed by atoms with van der Waals surface area (Å²) in [6, 6.07) is 20.5. The predicted molar refractivity (Wildman–Crippen MR) is 76.0 cm³/mol. The molecule has 2 aromatic carbocycles. The fourth-order valence-corrected chi connectivity index (χ4v) is 2.09. The molecular weight excluding hydrogens is 220 g/mol. The van der Waals surface area contributed by atoms with E-state index < -0.39 is 0 Å². The van der Waals surface area contributed by atoms with Gasteiger partial charge in [-0.05, 0) is 24.0 Å². The molecule has 0 spiro atoms. The average Bonchev–Trinajstić information content (AvgIpc) is 2.46. The Morgan fingerprint density at radius 2 is 0.944 bits per heavy atom. The van der Waals surface area contributed by atoms with Crippen LogP contribution < -0.4 is 11.5 Å². The first-order valence-electron chi connectivity index (χ1n) is 6.38. The van der Waals surface area contributed by atoms with E-state index in [1.54, 1.807) is 0 Å². The maximum absolute atomic E-state index is 6.17. The molecule has 94 valence electrons. The Morgan fingerprint density at radius 3 is 1.28 bits per heavy atom. The van der Waals surface area contributed by atoms with E-state index in [-0.39, 0.29) is 12.1 Å². The highest BCUT2D eigenvalue weighted by molar-refractivity contribution is 5.20. The normalized spacial score (nSPS) is 14.1. The lowest BCUT2D eigenvalue weighted by Gasteiger charge is -2.16. The van der Waals surface area contributed by atoms with Gasteiger partial charge in [0.15, 0.2) is 0 Å².